The molecule has 2 aliphatic rings. The summed E-state index contributed by atoms with van der Waals surface area (Å²) in [4.78, 5) is 29.0. The van der Waals surface area contributed by atoms with Gasteiger partial charge in [-0.25, -0.2) is 9.78 Å². The fraction of sp³-hybridized carbons (Fsp3) is 0.588. The number of alkyl halides is 3. The van der Waals surface area contributed by atoms with Crippen LogP contribution in [0.25, 0.3) is 0 Å². The van der Waals surface area contributed by atoms with Crippen molar-refractivity contribution < 1.29 is 27.9 Å². The number of amides is 2. The van der Waals surface area contributed by atoms with Gasteiger partial charge in [0.05, 0.1) is 5.41 Å². The molecule has 1 saturated carbocycles. The van der Waals surface area contributed by atoms with Crippen LogP contribution >= 0.6 is 0 Å². The second kappa shape index (κ2) is 6.77. The molecule has 3 rings (SSSR count). The minimum absolute atomic E-state index is 0.0316. The minimum Gasteiger partial charge on any atom is -0.481 e. The molecule has 142 valence electrons. The standard InChI is InChI=1S/C17H20F3N3O3/c18-17(19,20)13-5-1-4-12(22-13)6-8-21-15(26)23-9-11-3-2-7-16(11,10-23)14(24)25/h1,4-5,11H,2-3,6-10H2,(H,21,26)(H,24,25)/t11-,16+/m0/s1. The smallest absolute Gasteiger partial charge is 0.433 e. The Hall–Kier alpha value is -2.32. The molecule has 2 atom stereocenters. The molecule has 2 fully saturated rings. The van der Waals surface area contributed by atoms with E-state index in [0.29, 0.717) is 13.0 Å². The van der Waals surface area contributed by atoms with Crippen LogP contribution in [0.5, 0.6) is 0 Å². The van der Waals surface area contributed by atoms with Crippen molar-refractivity contribution in [3.63, 3.8) is 0 Å². The van der Waals surface area contributed by atoms with Gasteiger partial charge in [-0.2, -0.15) is 13.2 Å². The van der Waals surface area contributed by atoms with Crippen LogP contribution in [0.3, 0.4) is 0 Å². The maximum absolute atomic E-state index is 12.6. The summed E-state index contributed by atoms with van der Waals surface area (Å²) in [7, 11) is 0. The Kier molecular flexibility index (Phi) is 4.81. The van der Waals surface area contributed by atoms with E-state index in [-0.39, 0.29) is 37.2 Å². The zero-order chi connectivity index (χ0) is 18.9. The molecule has 1 aromatic rings. The first kappa shape index (κ1) is 18.5. The number of halogens is 3. The molecule has 0 aromatic carbocycles. The van der Waals surface area contributed by atoms with E-state index in [1.165, 1.54) is 17.0 Å². The summed E-state index contributed by atoms with van der Waals surface area (Å²) in [5.74, 6) is -0.889. The molecule has 26 heavy (non-hydrogen) atoms. The number of pyridine rings is 1. The van der Waals surface area contributed by atoms with E-state index in [9.17, 15) is 27.9 Å². The highest BCUT2D eigenvalue weighted by molar-refractivity contribution is 5.80. The van der Waals surface area contributed by atoms with Crippen molar-refractivity contribution in [2.24, 2.45) is 11.3 Å². The molecular formula is C17H20F3N3O3. The van der Waals surface area contributed by atoms with Crippen LogP contribution in [0, 0.1) is 11.3 Å². The Balaban J connectivity index is 1.53. The molecule has 2 heterocycles. The molecule has 0 unspecified atom stereocenters. The van der Waals surface area contributed by atoms with Crippen LogP contribution in [0.2, 0.25) is 0 Å². The predicted octanol–water partition coefficient (Wildman–Crippen LogP) is 2.54. The van der Waals surface area contributed by atoms with Gasteiger partial charge in [0.15, 0.2) is 0 Å². The number of carboxylic acids is 1. The first-order valence-corrected chi connectivity index (χ1v) is 8.52. The minimum atomic E-state index is -4.50. The first-order valence-electron chi connectivity index (χ1n) is 8.52. The molecule has 0 radical (unpaired) electrons. The van der Waals surface area contributed by atoms with Crippen molar-refractivity contribution >= 4 is 12.0 Å². The average molecular weight is 371 g/mol. The Bertz CT molecular complexity index is 710. The lowest BCUT2D eigenvalue weighted by Gasteiger charge is -2.23. The van der Waals surface area contributed by atoms with Crippen molar-refractivity contribution in [2.45, 2.75) is 31.9 Å². The predicted molar refractivity (Wildman–Crippen MR) is 85.3 cm³/mol. The number of nitrogens with one attached hydrogen (secondary N) is 1. The van der Waals surface area contributed by atoms with Gasteiger partial charge in [-0.3, -0.25) is 4.79 Å². The van der Waals surface area contributed by atoms with Gasteiger partial charge in [0.1, 0.15) is 5.69 Å². The number of carboxylic acid groups (broad SMARTS) is 1. The third kappa shape index (κ3) is 3.47. The van der Waals surface area contributed by atoms with Crippen molar-refractivity contribution in [2.75, 3.05) is 19.6 Å². The van der Waals surface area contributed by atoms with Crippen molar-refractivity contribution in [1.82, 2.24) is 15.2 Å². The fourth-order valence-electron chi connectivity index (χ4n) is 3.98. The van der Waals surface area contributed by atoms with Crippen molar-refractivity contribution in [3.8, 4) is 0 Å². The second-order valence-corrected chi connectivity index (χ2v) is 6.92. The molecule has 1 aliphatic carbocycles. The quantitative estimate of drug-likeness (QED) is 0.852. The number of aliphatic carboxylic acids is 1. The van der Waals surface area contributed by atoms with E-state index in [4.69, 9.17) is 0 Å². The van der Waals surface area contributed by atoms with Crippen LogP contribution in [0.1, 0.15) is 30.7 Å². The largest absolute Gasteiger partial charge is 0.481 e. The van der Waals surface area contributed by atoms with E-state index >= 15 is 0 Å². The highest BCUT2D eigenvalue weighted by Gasteiger charge is 2.55. The summed E-state index contributed by atoms with van der Waals surface area (Å²) in [6.45, 7) is 0.717. The monoisotopic (exact) mass is 371 g/mol. The van der Waals surface area contributed by atoms with Crippen LogP contribution < -0.4 is 5.32 Å². The molecule has 9 heteroatoms. The lowest BCUT2D eigenvalue weighted by molar-refractivity contribution is -0.149. The van der Waals surface area contributed by atoms with Gasteiger partial charge in [-0.15, -0.1) is 0 Å². The summed E-state index contributed by atoms with van der Waals surface area (Å²) in [6, 6.07) is 3.27. The number of nitrogens with zero attached hydrogens (tertiary/aromatic N) is 2. The third-order valence-electron chi connectivity index (χ3n) is 5.34. The van der Waals surface area contributed by atoms with Gasteiger partial charge in [-0.1, -0.05) is 12.5 Å². The van der Waals surface area contributed by atoms with Crippen LogP contribution in [0.4, 0.5) is 18.0 Å². The Labute approximate surface area is 148 Å². The highest BCUT2D eigenvalue weighted by Crippen LogP contribution is 2.48. The summed E-state index contributed by atoms with van der Waals surface area (Å²) >= 11 is 0. The highest BCUT2D eigenvalue weighted by atomic mass is 19.4. The van der Waals surface area contributed by atoms with Crippen LogP contribution in [0.15, 0.2) is 18.2 Å². The number of fused-ring (bicyclic) bond motifs is 1. The van der Waals surface area contributed by atoms with Gasteiger partial charge in [0.2, 0.25) is 0 Å². The Morgan fingerprint density at radius 1 is 1.38 bits per heavy atom. The van der Waals surface area contributed by atoms with Crippen LogP contribution in [-0.4, -0.2) is 46.6 Å². The number of aromatic nitrogens is 1. The SMILES string of the molecule is O=C(NCCc1cccc(C(F)(F)F)n1)N1C[C@@H]2CCC[C@@]2(C(=O)O)C1. The topological polar surface area (TPSA) is 82.5 Å². The van der Waals surface area contributed by atoms with Gasteiger partial charge in [0, 0.05) is 31.7 Å². The van der Waals surface area contributed by atoms with Gasteiger partial charge >= 0.3 is 18.2 Å². The van der Waals surface area contributed by atoms with Crippen LogP contribution in [-0.2, 0) is 17.4 Å². The Morgan fingerprint density at radius 3 is 2.81 bits per heavy atom. The van der Waals surface area contributed by atoms with E-state index < -0.39 is 23.3 Å². The van der Waals surface area contributed by atoms with E-state index in [1.54, 1.807) is 0 Å². The number of likely N-dealkylation sites (tertiary alicyclic amines) is 1. The fourth-order valence-corrected chi connectivity index (χ4v) is 3.98. The zero-order valence-corrected chi connectivity index (χ0v) is 14.1. The summed E-state index contributed by atoms with van der Waals surface area (Å²) in [5, 5.41) is 12.2. The maximum Gasteiger partial charge on any atom is 0.433 e. The normalized spacial score (nSPS) is 25.2. The lowest BCUT2D eigenvalue weighted by atomic mass is 9.81. The molecule has 0 spiro atoms. The zero-order valence-electron chi connectivity index (χ0n) is 14.1. The molecule has 1 aromatic heterocycles. The number of urea groups is 1. The van der Waals surface area contributed by atoms with E-state index in [0.717, 1.165) is 18.9 Å². The number of carbonyl (C=O) groups is 2. The molecule has 2 amide bonds. The first-order chi connectivity index (χ1) is 12.2. The van der Waals surface area contributed by atoms with E-state index in [1.807, 2.05) is 0 Å². The lowest BCUT2D eigenvalue weighted by Crippen LogP contribution is -2.42. The maximum atomic E-state index is 12.6. The van der Waals surface area contributed by atoms with Crippen molar-refractivity contribution in [3.05, 3.63) is 29.6 Å². The number of hydrogen-bond donors (Lipinski definition) is 2. The second-order valence-electron chi connectivity index (χ2n) is 6.92. The third-order valence-corrected chi connectivity index (χ3v) is 5.34. The summed E-state index contributed by atoms with van der Waals surface area (Å²) in [5.41, 5.74) is -1.57. The van der Waals surface area contributed by atoms with E-state index in [2.05, 4.69) is 10.3 Å². The van der Waals surface area contributed by atoms with Crippen molar-refractivity contribution in [1.29, 1.82) is 0 Å². The molecule has 1 saturated heterocycles. The molecule has 2 N–H and O–H groups in total. The average Bonchev–Trinajstić information content (AvgIpc) is 3.12. The molecule has 6 nitrogen and oxygen atoms in total. The molecule has 0 bridgehead atoms. The number of rotatable bonds is 4. The van der Waals surface area contributed by atoms with Gasteiger partial charge in [-0.05, 0) is 30.9 Å². The summed E-state index contributed by atoms with van der Waals surface area (Å²) in [6.07, 6.45) is -2.11. The summed E-state index contributed by atoms with van der Waals surface area (Å²) < 4.78 is 37.9. The number of carbonyl (C=O) groups excluding carboxylic acids is 1. The molecular weight excluding hydrogens is 351 g/mol. The number of hydrogen-bond acceptors (Lipinski definition) is 3. The van der Waals surface area contributed by atoms with Gasteiger partial charge in [0.25, 0.3) is 0 Å². The molecule has 1 aliphatic heterocycles. The van der Waals surface area contributed by atoms with Gasteiger partial charge < -0.3 is 15.3 Å². The Morgan fingerprint density at radius 2 is 2.15 bits per heavy atom.